The van der Waals surface area contributed by atoms with Gasteiger partial charge in [0.1, 0.15) is 0 Å². The highest BCUT2D eigenvalue weighted by molar-refractivity contribution is 5.79. The van der Waals surface area contributed by atoms with Crippen LogP contribution in [-0.2, 0) is 4.79 Å². The molecule has 1 fully saturated rings. The number of hydrogen-bond donors (Lipinski definition) is 1. The van der Waals surface area contributed by atoms with Crippen LogP contribution in [0.3, 0.4) is 0 Å². The van der Waals surface area contributed by atoms with Gasteiger partial charge >= 0.3 is 0 Å². The van der Waals surface area contributed by atoms with Crippen LogP contribution in [0.2, 0.25) is 0 Å². The second kappa shape index (κ2) is 6.00. The van der Waals surface area contributed by atoms with Crippen LogP contribution in [0.5, 0.6) is 0 Å². The third-order valence-electron chi connectivity index (χ3n) is 2.57. The van der Waals surface area contributed by atoms with Crippen molar-refractivity contribution in [1.82, 2.24) is 10.2 Å². The van der Waals surface area contributed by atoms with Gasteiger partial charge in [-0.15, -0.1) is 0 Å². The molecule has 5 heteroatoms. The van der Waals surface area contributed by atoms with Gasteiger partial charge in [-0.05, 0) is 19.4 Å². The normalized spacial score (nSPS) is 20.9. The molecule has 0 aromatic heterocycles. The van der Waals surface area contributed by atoms with Gasteiger partial charge in [0.2, 0.25) is 5.91 Å². The monoisotopic (exact) mass is 220 g/mol. The first kappa shape index (κ1) is 12.4. The zero-order valence-electron chi connectivity index (χ0n) is 9.01. The molecule has 0 aromatic rings. The van der Waals surface area contributed by atoms with Gasteiger partial charge in [-0.25, -0.2) is 8.78 Å². The molecule has 88 valence electrons. The first-order chi connectivity index (χ1) is 7.15. The second-order valence-corrected chi connectivity index (χ2v) is 3.87. The number of halogens is 2. The predicted molar refractivity (Wildman–Crippen MR) is 53.9 cm³/mol. The third-order valence-corrected chi connectivity index (χ3v) is 2.57. The smallest absolute Gasteiger partial charge is 0.255 e. The lowest BCUT2D eigenvalue weighted by molar-refractivity contribution is -0.136. The number of nitrogens with one attached hydrogen (secondary N) is 1. The number of carbonyl (C=O) groups is 1. The molecule has 0 aromatic carbocycles. The quantitative estimate of drug-likeness (QED) is 0.752. The molecule has 15 heavy (non-hydrogen) atoms. The fourth-order valence-corrected chi connectivity index (χ4v) is 1.85. The summed E-state index contributed by atoms with van der Waals surface area (Å²) in [6.07, 6.45) is -0.948. The summed E-state index contributed by atoms with van der Waals surface area (Å²) in [4.78, 5) is 13.1. The molecule has 0 saturated carbocycles. The van der Waals surface area contributed by atoms with E-state index in [0.29, 0.717) is 13.1 Å². The summed E-state index contributed by atoms with van der Waals surface area (Å²) in [5.74, 6) is -0.225. The van der Waals surface area contributed by atoms with Crippen LogP contribution in [0.4, 0.5) is 8.78 Å². The fourth-order valence-electron chi connectivity index (χ4n) is 1.85. The number of hydrogen-bond acceptors (Lipinski definition) is 2. The van der Waals surface area contributed by atoms with Crippen molar-refractivity contribution in [3.8, 4) is 0 Å². The van der Waals surface area contributed by atoms with Gasteiger partial charge in [-0.3, -0.25) is 4.79 Å². The summed E-state index contributed by atoms with van der Waals surface area (Å²) in [6, 6.07) is 0. The van der Waals surface area contributed by atoms with Crippen molar-refractivity contribution in [2.45, 2.75) is 26.2 Å². The van der Waals surface area contributed by atoms with E-state index >= 15 is 0 Å². The fraction of sp³-hybridized carbons (Fsp3) is 0.900. The molecule has 1 saturated heterocycles. The van der Waals surface area contributed by atoms with Gasteiger partial charge in [0.25, 0.3) is 6.43 Å². The first-order valence-electron chi connectivity index (χ1n) is 5.42. The molecule has 0 radical (unpaired) electrons. The maximum atomic E-state index is 12.2. The van der Waals surface area contributed by atoms with E-state index in [0.717, 1.165) is 19.4 Å². The zero-order chi connectivity index (χ0) is 11.3. The molecule has 0 bridgehead atoms. The van der Waals surface area contributed by atoms with E-state index < -0.39 is 13.0 Å². The number of alkyl halides is 2. The molecule has 3 nitrogen and oxygen atoms in total. The molecule has 0 spiro atoms. The Morgan fingerprint density at radius 1 is 1.60 bits per heavy atom. The van der Waals surface area contributed by atoms with Crippen molar-refractivity contribution in [2.24, 2.45) is 5.92 Å². The Labute approximate surface area is 88.8 Å². The molecule has 1 N–H and O–H groups in total. The highest BCUT2D eigenvalue weighted by atomic mass is 19.3. The van der Waals surface area contributed by atoms with Crippen LogP contribution in [0.1, 0.15) is 19.8 Å². The van der Waals surface area contributed by atoms with Crippen molar-refractivity contribution < 1.29 is 13.6 Å². The van der Waals surface area contributed by atoms with Crippen LogP contribution in [-0.4, -0.2) is 43.4 Å². The summed E-state index contributed by atoms with van der Waals surface area (Å²) in [5.41, 5.74) is 0. The largest absolute Gasteiger partial charge is 0.337 e. The van der Waals surface area contributed by atoms with Crippen molar-refractivity contribution >= 4 is 5.91 Å². The van der Waals surface area contributed by atoms with E-state index in [2.05, 4.69) is 5.32 Å². The minimum Gasteiger partial charge on any atom is -0.337 e. The summed E-state index contributed by atoms with van der Waals surface area (Å²) in [6.45, 7) is 3.33. The van der Waals surface area contributed by atoms with E-state index in [1.165, 1.54) is 4.90 Å². The van der Waals surface area contributed by atoms with Gasteiger partial charge in [0, 0.05) is 13.1 Å². The molecule has 0 aliphatic carbocycles. The number of carbonyl (C=O) groups excluding carboxylic acids is 1. The molecular formula is C10H18F2N2O. The zero-order valence-corrected chi connectivity index (χ0v) is 9.01. The second-order valence-electron chi connectivity index (χ2n) is 3.87. The van der Waals surface area contributed by atoms with E-state index in [1.807, 2.05) is 6.92 Å². The van der Waals surface area contributed by atoms with Crippen LogP contribution < -0.4 is 5.32 Å². The van der Waals surface area contributed by atoms with Gasteiger partial charge in [0.15, 0.2) is 0 Å². The van der Waals surface area contributed by atoms with Crippen molar-refractivity contribution in [2.75, 3.05) is 26.2 Å². The Hall–Kier alpha value is -0.710. The standard InChI is InChI=1S/C10H18F2N2O/c1-2-5-14(7-9(11)12)10(15)8-3-4-13-6-8/h8-9,13H,2-7H2,1H3/t8-/m1/s1. The SMILES string of the molecule is CCCN(CC(F)F)C(=O)[C@@H]1CCNC1. The Morgan fingerprint density at radius 2 is 2.33 bits per heavy atom. The lowest BCUT2D eigenvalue weighted by Crippen LogP contribution is -2.40. The van der Waals surface area contributed by atoms with Crippen LogP contribution in [0.25, 0.3) is 0 Å². The average Bonchev–Trinajstić information content (AvgIpc) is 2.68. The van der Waals surface area contributed by atoms with Crippen LogP contribution >= 0.6 is 0 Å². The first-order valence-corrected chi connectivity index (χ1v) is 5.42. The predicted octanol–water partition coefficient (Wildman–Crippen LogP) is 1.10. The summed E-state index contributed by atoms with van der Waals surface area (Å²) in [5, 5.41) is 3.07. The lowest BCUT2D eigenvalue weighted by atomic mass is 10.1. The molecule has 1 heterocycles. The minimum atomic E-state index is -2.44. The molecule has 1 aliphatic heterocycles. The highest BCUT2D eigenvalue weighted by Gasteiger charge is 2.27. The maximum Gasteiger partial charge on any atom is 0.255 e. The van der Waals surface area contributed by atoms with E-state index in [-0.39, 0.29) is 11.8 Å². The summed E-state index contributed by atoms with van der Waals surface area (Å²) < 4.78 is 24.5. The van der Waals surface area contributed by atoms with E-state index in [9.17, 15) is 13.6 Å². The molecule has 1 atom stereocenters. The Balaban J connectivity index is 2.49. The number of rotatable bonds is 5. The third kappa shape index (κ3) is 3.74. The maximum absolute atomic E-state index is 12.2. The minimum absolute atomic E-state index is 0.102. The number of amides is 1. The average molecular weight is 220 g/mol. The Morgan fingerprint density at radius 3 is 2.80 bits per heavy atom. The summed E-state index contributed by atoms with van der Waals surface area (Å²) >= 11 is 0. The topological polar surface area (TPSA) is 32.3 Å². The van der Waals surface area contributed by atoms with Gasteiger partial charge in [-0.2, -0.15) is 0 Å². The lowest BCUT2D eigenvalue weighted by Gasteiger charge is -2.24. The van der Waals surface area contributed by atoms with E-state index in [1.54, 1.807) is 0 Å². The molecule has 1 rings (SSSR count). The van der Waals surface area contributed by atoms with Crippen LogP contribution in [0.15, 0.2) is 0 Å². The van der Waals surface area contributed by atoms with Crippen molar-refractivity contribution in [3.63, 3.8) is 0 Å². The Bertz CT molecular complexity index is 206. The molecular weight excluding hydrogens is 202 g/mol. The van der Waals surface area contributed by atoms with E-state index in [4.69, 9.17) is 0 Å². The number of nitrogens with zero attached hydrogens (tertiary/aromatic N) is 1. The van der Waals surface area contributed by atoms with Crippen molar-refractivity contribution in [1.29, 1.82) is 0 Å². The Kier molecular flexibility index (Phi) is 4.94. The van der Waals surface area contributed by atoms with Gasteiger partial charge in [-0.1, -0.05) is 6.92 Å². The van der Waals surface area contributed by atoms with Gasteiger partial charge in [0.05, 0.1) is 12.5 Å². The molecule has 1 amide bonds. The van der Waals surface area contributed by atoms with Crippen molar-refractivity contribution in [3.05, 3.63) is 0 Å². The highest BCUT2D eigenvalue weighted by Crippen LogP contribution is 2.13. The summed E-state index contributed by atoms with van der Waals surface area (Å²) in [7, 11) is 0. The van der Waals surface area contributed by atoms with Crippen LogP contribution in [0, 0.1) is 5.92 Å². The van der Waals surface area contributed by atoms with Gasteiger partial charge < -0.3 is 10.2 Å². The molecule has 0 unspecified atom stereocenters. The molecule has 1 aliphatic rings.